The van der Waals surface area contributed by atoms with Gasteiger partial charge in [-0.2, -0.15) is 8.42 Å². The lowest BCUT2D eigenvalue weighted by atomic mass is 10.0. The number of nitrogens with zero attached hydrogens (tertiary/aromatic N) is 1. The summed E-state index contributed by atoms with van der Waals surface area (Å²) in [6.07, 6.45) is 1.21. The molecule has 6 N–H and O–H groups in total. The summed E-state index contributed by atoms with van der Waals surface area (Å²) < 4.78 is 32.9. The maximum atomic E-state index is 12.9. The van der Waals surface area contributed by atoms with Crippen LogP contribution < -0.4 is 21.7 Å². The molecule has 0 radical (unpaired) electrons. The summed E-state index contributed by atoms with van der Waals surface area (Å²) in [5, 5.41) is 9.77. The van der Waals surface area contributed by atoms with Gasteiger partial charge in [-0.05, 0) is 37.8 Å². The molecule has 0 aromatic heterocycles. The molecule has 1 aliphatic rings. The molecule has 2 aromatic rings. The van der Waals surface area contributed by atoms with Gasteiger partial charge >= 0.3 is 0 Å². The number of likely N-dealkylation sites (tertiary alicyclic amines) is 1. The molecular formula is C25H35N5O6S. The zero-order chi connectivity index (χ0) is 27.3. The van der Waals surface area contributed by atoms with E-state index in [4.69, 9.17) is 5.73 Å². The van der Waals surface area contributed by atoms with Gasteiger partial charge in [0.15, 0.2) is 0 Å². The fraction of sp³-hybridized carbons (Fsp3) is 0.480. The van der Waals surface area contributed by atoms with E-state index in [-0.39, 0.29) is 35.1 Å². The molecule has 1 saturated heterocycles. The Labute approximate surface area is 216 Å². The van der Waals surface area contributed by atoms with Crippen LogP contribution in [0.1, 0.15) is 33.6 Å². The van der Waals surface area contributed by atoms with Crippen molar-refractivity contribution in [2.75, 3.05) is 25.0 Å². The second kappa shape index (κ2) is 11.9. The maximum absolute atomic E-state index is 12.9. The van der Waals surface area contributed by atoms with E-state index >= 15 is 0 Å². The normalized spacial score (nSPS) is 17.5. The van der Waals surface area contributed by atoms with Crippen LogP contribution in [-0.4, -0.2) is 73.4 Å². The zero-order valence-electron chi connectivity index (χ0n) is 21.2. The molecule has 0 aliphatic carbocycles. The van der Waals surface area contributed by atoms with Crippen LogP contribution in [0.3, 0.4) is 0 Å². The van der Waals surface area contributed by atoms with Crippen molar-refractivity contribution in [1.82, 2.24) is 15.5 Å². The molecular weight excluding hydrogens is 498 g/mol. The van der Waals surface area contributed by atoms with Crippen LogP contribution in [-0.2, 0) is 24.5 Å². The van der Waals surface area contributed by atoms with E-state index in [2.05, 4.69) is 16.0 Å². The quantitative estimate of drug-likeness (QED) is 0.223. The van der Waals surface area contributed by atoms with Gasteiger partial charge in [-0.25, -0.2) is 0 Å². The van der Waals surface area contributed by atoms with Crippen molar-refractivity contribution in [2.24, 2.45) is 11.7 Å². The summed E-state index contributed by atoms with van der Waals surface area (Å²) in [6, 6.07) is 7.53. The Morgan fingerprint density at radius 2 is 1.76 bits per heavy atom. The molecule has 1 aliphatic heterocycles. The number of nitrogens with one attached hydrogen (secondary N) is 3. The number of amides is 3. The van der Waals surface area contributed by atoms with E-state index in [1.165, 1.54) is 11.0 Å². The summed E-state index contributed by atoms with van der Waals surface area (Å²) in [6.45, 7) is 6.27. The Kier molecular flexibility index (Phi) is 9.11. The maximum Gasteiger partial charge on any atom is 0.295 e. The van der Waals surface area contributed by atoms with Crippen LogP contribution in [0.5, 0.6) is 0 Å². The number of hydrogen-bond donors (Lipinski definition) is 5. The standard InChI is InChI=1S/C25H35N5O6S/c1-15(2)22(29-23(31)20-10-6-14-30(20)25(33)16(3)26)24(32)28-13-12-27-19-9-4-8-18-17(19)7-5-11-21(18)37(34,35)36/h4-5,7-9,11,15-16,20,22,27H,6,10,12-14,26H2,1-3H3,(H,28,32)(H,29,31)(H,34,35,36)/t16-,20-,22-/m0/s1. The van der Waals surface area contributed by atoms with Gasteiger partial charge in [-0.3, -0.25) is 18.9 Å². The minimum Gasteiger partial charge on any atom is -0.383 e. The van der Waals surface area contributed by atoms with Crippen molar-refractivity contribution >= 4 is 44.3 Å². The molecule has 11 nitrogen and oxygen atoms in total. The number of carbonyl (C=O) groups excluding carboxylic acids is 3. The smallest absolute Gasteiger partial charge is 0.295 e. The third kappa shape index (κ3) is 6.76. The third-order valence-electron chi connectivity index (χ3n) is 6.37. The molecule has 0 unspecified atom stereocenters. The summed E-state index contributed by atoms with van der Waals surface area (Å²) in [5.41, 5.74) is 6.36. The Balaban J connectivity index is 1.59. The molecule has 3 amide bonds. The summed E-state index contributed by atoms with van der Waals surface area (Å²) >= 11 is 0. The molecule has 202 valence electrons. The molecule has 0 saturated carbocycles. The van der Waals surface area contributed by atoms with Crippen LogP contribution in [0.25, 0.3) is 10.8 Å². The first-order chi connectivity index (χ1) is 17.4. The lowest BCUT2D eigenvalue weighted by molar-refractivity contribution is -0.140. The number of benzene rings is 2. The first-order valence-electron chi connectivity index (χ1n) is 12.3. The Morgan fingerprint density at radius 1 is 1.08 bits per heavy atom. The van der Waals surface area contributed by atoms with E-state index in [0.29, 0.717) is 42.4 Å². The topological polar surface area (TPSA) is 171 Å². The van der Waals surface area contributed by atoms with Gasteiger partial charge in [0.25, 0.3) is 10.1 Å². The monoisotopic (exact) mass is 533 g/mol. The molecule has 0 bridgehead atoms. The second-order valence-electron chi connectivity index (χ2n) is 9.56. The molecule has 2 aromatic carbocycles. The Morgan fingerprint density at radius 3 is 2.41 bits per heavy atom. The number of carbonyl (C=O) groups is 3. The largest absolute Gasteiger partial charge is 0.383 e. The lowest BCUT2D eigenvalue weighted by Crippen LogP contribution is -2.56. The Bertz CT molecular complexity index is 1260. The van der Waals surface area contributed by atoms with Gasteiger partial charge in [-0.15, -0.1) is 0 Å². The molecule has 1 heterocycles. The van der Waals surface area contributed by atoms with Crippen molar-refractivity contribution in [3.8, 4) is 0 Å². The first-order valence-corrected chi connectivity index (χ1v) is 13.7. The summed E-state index contributed by atoms with van der Waals surface area (Å²) in [7, 11) is -4.38. The van der Waals surface area contributed by atoms with Gasteiger partial charge < -0.3 is 26.6 Å². The van der Waals surface area contributed by atoms with Gasteiger partial charge in [0.1, 0.15) is 17.0 Å². The number of anilines is 1. The van der Waals surface area contributed by atoms with Crippen LogP contribution in [0.4, 0.5) is 5.69 Å². The number of nitrogens with two attached hydrogens (primary N) is 1. The predicted octanol–water partition coefficient (Wildman–Crippen LogP) is 1.09. The highest BCUT2D eigenvalue weighted by Gasteiger charge is 2.37. The fourth-order valence-electron chi connectivity index (χ4n) is 4.50. The van der Waals surface area contributed by atoms with E-state index in [1.807, 2.05) is 13.8 Å². The average molecular weight is 534 g/mol. The molecule has 37 heavy (non-hydrogen) atoms. The number of fused-ring (bicyclic) bond motifs is 1. The van der Waals surface area contributed by atoms with E-state index < -0.39 is 28.2 Å². The van der Waals surface area contributed by atoms with Crippen molar-refractivity contribution in [2.45, 2.75) is 56.6 Å². The molecule has 0 spiro atoms. The highest BCUT2D eigenvalue weighted by molar-refractivity contribution is 7.86. The van der Waals surface area contributed by atoms with Crippen LogP contribution in [0, 0.1) is 5.92 Å². The van der Waals surface area contributed by atoms with E-state index in [9.17, 15) is 27.4 Å². The van der Waals surface area contributed by atoms with Crippen molar-refractivity contribution in [3.63, 3.8) is 0 Å². The molecule has 12 heteroatoms. The second-order valence-corrected chi connectivity index (χ2v) is 10.9. The van der Waals surface area contributed by atoms with Gasteiger partial charge in [0, 0.05) is 36.1 Å². The van der Waals surface area contributed by atoms with Crippen molar-refractivity contribution in [3.05, 3.63) is 36.4 Å². The van der Waals surface area contributed by atoms with Gasteiger partial charge in [-0.1, -0.05) is 38.1 Å². The fourth-order valence-corrected chi connectivity index (χ4v) is 5.21. The lowest BCUT2D eigenvalue weighted by Gasteiger charge is -2.28. The van der Waals surface area contributed by atoms with Crippen LogP contribution in [0.2, 0.25) is 0 Å². The highest BCUT2D eigenvalue weighted by atomic mass is 32.2. The number of hydrogen-bond acceptors (Lipinski definition) is 7. The minimum absolute atomic E-state index is 0.180. The molecule has 1 fully saturated rings. The minimum atomic E-state index is -4.38. The molecule has 3 atom stereocenters. The van der Waals surface area contributed by atoms with Crippen molar-refractivity contribution in [1.29, 1.82) is 0 Å². The average Bonchev–Trinajstić information content (AvgIpc) is 3.33. The third-order valence-corrected chi connectivity index (χ3v) is 7.29. The van der Waals surface area contributed by atoms with Gasteiger partial charge in [0.2, 0.25) is 17.7 Å². The van der Waals surface area contributed by atoms with Crippen LogP contribution >= 0.6 is 0 Å². The number of rotatable bonds is 10. The van der Waals surface area contributed by atoms with Crippen LogP contribution in [0.15, 0.2) is 41.3 Å². The van der Waals surface area contributed by atoms with E-state index in [0.717, 1.165) is 0 Å². The summed E-state index contributed by atoms with van der Waals surface area (Å²) in [4.78, 5) is 39.5. The van der Waals surface area contributed by atoms with Crippen molar-refractivity contribution < 1.29 is 27.4 Å². The Hall–Kier alpha value is -3.22. The highest BCUT2D eigenvalue weighted by Crippen LogP contribution is 2.28. The summed E-state index contributed by atoms with van der Waals surface area (Å²) in [5.74, 6) is -1.19. The predicted molar refractivity (Wildman–Crippen MR) is 140 cm³/mol. The van der Waals surface area contributed by atoms with E-state index in [1.54, 1.807) is 37.3 Å². The SMILES string of the molecule is CC(C)[C@H](NC(=O)[C@@H]1CCCN1C(=O)[C@H](C)N)C(=O)NCCNc1cccc2c(S(=O)(=O)O)cccc12. The molecule has 3 rings (SSSR count). The zero-order valence-corrected chi connectivity index (χ0v) is 22.0. The first kappa shape index (κ1) is 28.4. The van der Waals surface area contributed by atoms with Gasteiger partial charge in [0.05, 0.1) is 6.04 Å².